The molecule has 0 saturated heterocycles. The Morgan fingerprint density at radius 1 is 1.57 bits per heavy atom. The van der Waals surface area contributed by atoms with Gasteiger partial charge in [0, 0.05) is 18.1 Å². The van der Waals surface area contributed by atoms with Gasteiger partial charge in [-0.15, -0.1) is 0 Å². The van der Waals surface area contributed by atoms with Crippen molar-refractivity contribution < 1.29 is 4.92 Å². The van der Waals surface area contributed by atoms with Crippen LogP contribution in [0, 0.1) is 28.4 Å². The second-order valence-corrected chi connectivity index (χ2v) is 3.05. The molecule has 0 bridgehead atoms. The number of nitriles is 1. The van der Waals surface area contributed by atoms with E-state index >= 15 is 0 Å². The Morgan fingerprint density at radius 3 is 2.86 bits per heavy atom. The molecule has 0 aliphatic heterocycles. The molecule has 72 valence electrons. The maximum absolute atomic E-state index is 10.6. The average Bonchev–Trinajstić information content (AvgIpc) is 2.14. The predicted molar refractivity (Wildman–Crippen MR) is 51.8 cm³/mol. The Hall–Kier alpha value is -1.89. The van der Waals surface area contributed by atoms with Gasteiger partial charge in [-0.05, 0) is 19.4 Å². The first-order valence-electron chi connectivity index (χ1n) is 4.26. The Balaban J connectivity index is 3.04. The highest BCUT2D eigenvalue weighted by molar-refractivity contribution is 5.42. The molecule has 4 nitrogen and oxygen atoms in total. The minimum atomic E-state index is -0.411. The third-order valence-corrected chi connectivity index (χ3v) is 1.94. The monoisotopic (exact) mass is 190 g/mol. The van der Waals surface area contributed by atoms with Gasteiger partial charge in [0.2, 0.25) is 0 Å². The first kappa shape index (κ1) is 10.2. The molecular formula is C10H10N2O2. The summed E-state index contributed by atoms with van der Waals surface area (Å²) in [5, 5.41) is 19.0. The third-order valence-electron chi connectivity index (χ3n) is 1.94. The van der Waals surface area contributed by atoms with Crippen molar-refractivity contribution in [3.05, 3.63) is 39.4 Å². The fourth-order valence-corrected chi connectivity index (χ4v) is 1.28. The van der Waals surface area contributed by atoms with Gasteiger partial charge in [0.15, 0.2) is 0 Å². The zero-order valence-electron chi connectivity index (χ0n) is 7.86. The van der Waals surface area contributed by atoms with E-state index in [4.69, 9.17) is 5.26 Å². The van der Waals surface area contributed by atoms with Crippen molar-refractivity contribution in [2.24, 2.45) is 0 Å². The van der Waals surface area contributed by atoms with Crippen molar-refractivity contribution in [2.45, 2.75) is 19.8 Å². The highest BCUT2D eigenvalue weighted by Crippen LogP contribution is 2.20. The summed E-state index contributed by atoms with van der Waals surface area (Å²) < 4.78 is 0. The van der Waals surface area contributed by atoms with Gasteiger partial charge in [-0.25, -0.2) is 0 Å². The summed E-state index contributed by atoms with van der Waals surface area (Å²) in [5.41, 5.74) is 1.71. The molecule has 0 amide bonds. The van der Waals surface area contributed by atoms with Crippen LogP contribution in [0.3, 0.4) is 0 Å². The lowest BCUT2D eigenvalue weighted by Gasteiger charge is -2.01. The van der Waals surface area contributed by atoms with Gasteiger partial charge in [-0.2, -0.15) is 5.26 Å². The molecule has 14 heavy (non-hydrogen) atoms. The molecule has 1 aromatic carbocycles. The summed E-state index contributed by atoms with van der Waals surface area (Å²) in [6.07, 6.45) is 0.749. The zero-order chi connectivity index (χ0) is 10.6. The fourth-order valence-electron chi connectivity index (χ4n) is 1.28. The van der Waals surface area contributed by atoms with E-state index in [-0.39, 0.29) is 5.69 Å². The van der Waals surface area contributed by atoms with Crippen LogP contribution in [0.5, 0.6) is 0 Å². The normalized spacial score (nSPS) is 9.43. The summed E-state index contributed by atoms with van der Waals surface area (Å²) in [7, 11) is 0. The molecule has 0 fully saturated rings. The number of nitro benzene ring substituents is 1. The number of benzene rings is 1. The number of nitrogens with zero attached hydrogens (tertiary/aromatic N) is 2. The van der Waals surface area contributed by atoms with Gasteiger partial charge in [0.1, 0.15) is 0 Å². The van der Waals surface area contributed by atoms with Gasteiger partial charge in [-0.3, -0.25) is 10.1 Å². The molecule has 0 aliphatic rings. The first-order valence-corrected chi connectivity index (χ1v) is 4.26. The second kappa shape index (κ2) is 4.38. The van der Waals surface area contributed by atoms with Crippen molar-refractivity contribution in [1.29, 1.82) is 5.26 Å². The van der Waals surface area contributed by atoms with E-state index in [0.717, 1.165) is 5.56 Å². The van der Waals surface area contributed by atoms with Gasteiger partial charge in [0.25, 0.3) is 5.69 Å². The summed E-state index contributed by atoms with van der Waals surface area (Å²) in [5.74, 6) is 0. The Bertz CT molecular complexity index is 394. The van der Waals surface area contributed by atoms with Crippen molar-refractivity contribution >= 4 is 5.69 Å². The maximum atomic E-state index is 10.6. The second-order valence-electron chi connectivity index (χ2n) is 3.05. The van der Waals surface area contributed by atoms with Crippen LogP contribution < -0.4 is 0 Å². The predicted octanol–water partition coefficient (Wildman–Crippen LogP) is 2.36. The minimum Gasteiger partial charge on any atom is -0.258 e. The number of aryl methyl sites for hydroxylation is 2. The Morgan fingerprint density at radius 2 is 2.29 bits per heavy atom. The average molecular weight is 190 g/mol. The Labute approximate surface area is 81.9 Å². The SMILES string of the molecule is Cc1ccc([N+](=O)[O-])c(CCC#N)c1. The van der Waals surface area contributed by atoms with E-state index in [1.165, 1.54) is 6.07 Å². The van der Waals surface area contributed by atoms with Crippen molar-refractivity contribution in [3.63, 3.8) is 0 Å². The van der Waals surface area contributed by atoms with Crippen LogP contribution in [0.2, 0.25) is 0 Å². The molecule has 0 N–H and O–H groups in total. The van der Waals surface area contributed by atoms with Crippen LogP contribution in [0.25, 0.3) is 0 Å². The third kappa shape index (κ3) is 2.30. The summed E-state index contributed by atoms with van der Waals surface area (Å²) in [6.45, 7) is 1.87. The molecule has 0 unspecified atom stereocenters. The largest absolute Gasteiger partial charge is 0.272 e. The topological polar surface area (TPSA) is 66.9 Å². The lowest BCUT2D eigenvalue weighted by Crippen LogP contribution is -1.95. The minimum absolute atomic E-state index is 0.103. The van der Waals surface area contributed by atoms with Crippen LogP contribution in [-0.4, -0.2) is 4.92 Å². The quantitative estimate of drug-likeness (QED) is 0.542. The van der Waals surface area contributed by atoms with E-state index in [1.54, 1.807) is 12.1 Å². The molecule has 0 atom stereocenters. The summed E-state index contributed by atoms with van der Waals surface area (Å²) in [6, 6.07) is 6.93. The lowest BCUT2D eigenvalue weighted by atomic mass is 10.1. The highest BCUT2D eigenvalue weighted by Gasteiger charge is 2.12. The molecule has 0 heterocycles. The van der Waals surface area contributed by atoms with Crippen LogP contribution in [-0.2, 0) is 6.42 Å². The lowest BCUT2D eigenvalue weighted by molar-refractivity contribution is -0.385. The van der Waals surface area contributed by atoms with Crippen molar-refractivity contribution in [3.8, 4) is 6.07 Å². The molecule has 0 aromatic heterocycles. The molecular weight excluding hydrogens is 180 g/mol. The van der Waals surface area contributed by atoms with Crippen molar-refractivity contribution in [2.75, 3.05) is 0 Å². The number of hydrogen-bond donors (Lipinski definition) is 0. The van der Waals surface area contributed by atoms with Crippen LogP contribution >= 0.6 is 0 Å². The van der Waals surface area contributed by atoms with Gasteiger partial charge in [0.05, 0.1) is 11.0 Å². The number of hydrogen-bond acceptors (Lipinski definition) is 3. The maximum Gasteiger partial charge on any atom is 0.272 e. The standard InChI is InChI=1S/C10H10N2O2/c1-8-4-5-10(12(13)14)9(7-8)3-2-6-11/h4-5,7H,2-3H2,1H3. The number of nitro groups is 1. The van der Waals surface area contributed by atoms with E-state index in [9.17, 15) is 10.1 Å². The van der Waals surface area contributed by atoms with E-state index in [0.29, 0.717) is 18.4 Å². The molecule has 0 radical (unpaired) electrons. The van der Waals surface area contributed by atoms with Gasteiger partial charge < -0.3 is 0 Å². The molecule has 0 aliphatic carbocycles. The Kier molecular flexibility index (Phi) is 3.19. The molecule has 1 rings (SSSR count). The molecule has 4 heteroatoms. The van der Waals surface area contributed by atoms with Crippen LogP contribution in [0.4, 0.5) is 5.69 Å². The van der Waals surface area contributed by atoms with E-state index in [1.807, 2.05) is 13.0 Å². The highest BCUT2D eigenvalue weighted by atomic mass is 16.6. The zero-order valence-corrected chi connectivity index (χ0v) is 7.86. The first-order chi connectivity index (χ1) is 6.65. The van der Waals surface area contributed by atoms with Gasteiger partial charge in [-0.1, -0.05) is 11.6 Å². The van der Waals surface area contributed by atoms with Gasteiger partial charge >= 0.3 is 0 Å². The number of rotatable bonds is 3. The summed E-state index contributed by atoms with van der Waals surface area (Å²) >= 11 is 0. The molecule has 0 spiro atoms. The smallest absolute Gasteiger partial charge is 0.258 e. The fraction of sp³-hybridized carbons (Fsp3) is 0.300. The molecule has 1 aromatic rings. The summed E-state index contributed by atoms with van der Waals surface area (Å²) in [4.78, 5) is 10.2. The molecule has 0 saturated carbocycles. The van der Waals surface area contributed by atoms with E-state index in [2.05, 4.69) is 0 Å². The van der Waals surface area contributed by atoms with Crippen LogP contribution in [0.15, 0.2) is 18.2 Å². The van der Waals surface area contributed by atoms with Crippen LogP contribution in [0.1, 0.15) is 17.5 Å². The van der Waals surface area contributed by atoms with Crippen molar-refractivity contribution in [1.82, 2.24) is 0 Å². The van der Waals surface area contributed by atoms with E-state index < -0.39 is 4.92 Å².